The first-order valence-electron chi connectivity index (χ1n) is 15.5. The first-order chi connectivity index (χ1) is 21.2. The van der Waals surface area contributed by atoms with Gasteiger partial charge in [0.1, 0.15) is 0 Å². The zero-order valence-corrected chi connectivity index (χ0v) is 31.5. The summed E-state index contributed by atoms with van der Waals surface area (Å²) in [6.07, 6.45) is 8.13. The van der Waals surface area contributed by atoms with Gasteiger partial charge in [0, 0.05) is 0 Å². The van der Waals surface area contributed by atoms with E-state index in [-0.39, 0.29) is 24.8 Å². The van der Waals surface area contributed by atoms with Crippen LogP contribution in [0.3, 0.4) is 0 Å². The molecule has 3 heteroatoms. The van der Waals surface area contributed by atoms with Crippen molar-refractivity contribution < 1.29 is 49.0 Å². The van der Waals surface area contributed by atoms with Crippen molar-refractivity contribution in [1.29, 1.82) is 0 Å². The Bertz CT molecular complexity index is 1590. The first kappa shape index (κ1) is 39.2. The molecule has 1 aliphatic rings. The normalized spacial score (nSPS) is 10.7. The molecule has 0 heterocycles. The Balaban J connectivity index is 0.000000241. The fraction of sp³-hybridized carbons (Fsp3) is 0.209. The second-order valence-electron chi connectivity index (χ2n) is 12.4. The van der Waals surface area contributed by atoms with Gasteiger partial charge in [0.05, 0.1) is 0 Å². The predicted octanol–water partition coefficient (Wildman–Crippen LogP) is 4.81. The zero-order valence-electron chi connectivity index (χ0n) is 27.5. The molecule has 0 saturated heterocycles. The second-order valence-corrected chi connectivity index (χ2v) is 14.1. The van der Waals surface area contributed by atoms with Crippen LogP contribution in [0.2, 0.25) is 0 Å². The number of hydrogen-bond donors (Lipinski definition) is 0. The molecule has 0 N–H and O–H groups in total. The van der Waals surface area contributed by atoms with Gasteiger partial charge in [-0.3, -0.25) is 0 Å². The van der Waals surface area contributed by atoms with Crippen molar-refractivity contribution in [3.05, 3.63) is 173 Å². The van der Waals surface area contributed by atoms with Crippen molar-refractivity contribution in [3.8, 4) is 11.1 Å². The van der Waals surface area contributed by atoms with Gasteiger partial charge in [-0.2, -0.15) is 47.0 Å². The summed E-state index contributed by atoms with van der Waals surface area (Å²) in [7, 11) is 0. The molecule has 5 aromatic rings. The number of rotatable bonds is 7. The quantitative estimate of drug-likeness (QED) is 0.208. The average molecular weight is 723 g/mol. The summed E-state index contributed by atoms with van der Waals surface area (Å²) in [5.41, 5.74) is 13.6. The number of benzene rings is 4. The topological polar surface area (TPSA) is 0 Å². The molecule has 0 saturated carbocycles. The molecule has 0 fully saturated rings. The summed E-state index contributed by atoms with van der Waals surface area (Å²) < 4.78 is 1.60. The van der Waals surface area contributed by atoms with E-state index >= 15 is 0 Å². The Morgan fingerprint density at radius 2 is 1.37 bits per heavy atom. The summed E-state index contributed by atoms with van der Waals surface area (Å²) in [6.45, 7) is 16.6. The molecule has 236 valence electrons. The Hall–Kier alpha value is -2.96. The van der Waals surface area contributed by atoms with Crippen molar-refractivity contribution in [1.82, 2.24) is 0 Å². The third kappa shape index (κ3) is 11.4. The zero-order chi connectivity index (χ0) is 31.5. The third-order valence-corrected chi connectivity index (χ3v) is 8.79. The fourth-order valence-electron chi connectivity index (χ4n) is 5.29. The van der Waals surface area contributed by atoms with Gasteiger partial charge in [-0.15, -0.1) is 23.8 Å². The van der Waals surface area contributed by atoms with Crippen LogP contribution >= 0.6 is 0 Å². The molecular formula is C43H44Cl2Zr-2. The van der Waals surface area contributed by atoms with Gasteiger partial charge in [0.15, 0.2) is 0 Å². The van der Waals surface area contributed by atoms with E-state index in [0.29, 0.717) is 5.41 Å². The Morgan fingerprint density at radius 1 is 0.804 bits per heavy atom. The van der Waals surface area contributed by atoms with E-state index in [0.717, 1.165) is 31.2 Å². The molecule has 46 heavy (non-hydrogen) atoms. The second kappa shape index (κ2) is 19.0. The molecule has 0 aliphatic heterocycles. The molecule has 0 bridgehead atoms. The van der Waals surface area contributed by atoms with E-state index in [1.54, 1.807) is 27.4 Å². The Morgan fingerprint density at radius 3 is 1.85 bits per heavy atom. The molecule has 1 aliphatic carbocycles. The van der Waals surface area contributed by atoms with Crippen molar-refractivity contribution in [2.45, 2.75) is 58.8 Å². The van der Waals surface area contributed by atoms with E-state index in [1.807, 2.05) is 18.2 Å². The molecule has 5 aromatic carbocycles. The molecule has 0 radical (unpaired) electrons. The summed E-state index contributed by atoms with van der Waals surface area (Å²) in [6, 6.07) is 42.2. The van der Waals surface area contributed by atoms with Crippen LogP contribution in [0.15, 0.2) is 122 Å². The van der Waals surface area contributed by atoms with E-state index in [9.17, 15) is 0 Å². The van der Waals surface area contributed by atoms with Crippen molar-refractivity contribution in [3.63, 3.8) is 0 Å². The number of aryl methyl sites for hydroxylation is 1. The van der Waals surface area contributed by atoms with Gasteiger partial charge in [-0.1, -0.05) is 81.5 Å². The van der Waals surface area contributed by atoms with Gasteiger partial charge in [-0.25, -0.2) is 6.07 Å². The number of hydrogen-bond acceptors (Lipinski definition) is 0. The van der Waals surface area contributed by atoms with Crippen LogP contribution in [0.5, 0.6) is 0 Å². The van der Waals surface area contributed by atoms with Crippen LogP contribution in [-0.4, -0.2) is 3.21 Å². The Kier molecular flexibility index (Phi) is 16.2. The van der Waals surface area contributed by atoms with Crippen LogP contribution in [0.4, 0.5) is 0 Å². The molecule has 0 aromatic heterocycles. The standard InChI is InChI=1S/C17H13.C15H14.C11H17.2ClH.Zr/c1-3-12-5-7-14-11-15-8-6-13(4-2)10-17(15)16(14)9-12;1-3-8-14(9-4-1)12-7-13-15-10-5-2-6-11-15;1-5-9-6-7-10(8-9)11(2,3)4;;;/h3-7,9-10H,1-2,11H2;1-6,8-11H,12-13H2;6-8H,5H2,1-4H3;2*1H;/q-1;;-1;;;+2/p-2. The summed E-state index contributed by atoms with van der Waals surface area (Å²) in [4.78, 5) is 0. The minimum atomic E-state index is 0. The average Bonchev–Trinajstić information content (AvgIpc) is 3.67. The molecule has 0 spiro atoms. The first-order valence-corrected chi connectivity index (χ1v) is 16.8. The van der Waals surface area contributed by atoms with Gasteiger partial charge in [0.25, 0.3) is 0 Å². The molecule has 0 amide bonds. The summed E-state index contributed by atoms with van der Waals surface area (Å²) in [5.74, 6) is 0. The monoisotopic (exact) mass is 720 g/mol. The van der Waals surface area contributed by atoms with E-state index in [2.05, 4.69) is 150 Å². The third-order valence-electron chi connectivity index (χ3n) is 7.92. The van der Waals surface area contributed by atoms with E-state index in [1.165, 1.54) is 50.1 Å². The Labute approximate surface area is 305 Å². The van der Waals surface area contributed by atoms with Crippen LogP contribution in [-0.2, 0) is 55.3 Å². The van der Waals surface area contributed by atoms with Crippen LogP contribution in [0.25, 0.3) is 23.3 Å². The molecular weight excluding hydrogens is 679 g/mol. The minimum absolute atomic E-state index is 0. The van der Waals surface area contributed by atoms with E-state index in [4.69, 9.17) is 0 Å². The molecule has 0 atom stereocenters. The SMILES string of the molecule is C=Cc1c[c-]c2c(c1)-c1cc(C=C)ccc1C2.CCc1cc(C(C)(C)C)c[cH-]1.[Cl-].[Cl-].[Zr+2]=[C](Cc1ccccc1)Cc1ccccc1. The van der Waals surface area contributed by atoms with E-state index < -0.39 is 0 Å². The van der Waals surface area contributed by atoms with Crippen LogP contribution in [0.1, 0.15) is 72.2 Å². The van der Waals surface area contributed by atoms with Crippen molar-refractivity contribution in [2.75, 3.05) is 0 Å². The number of fused-ring (bicyclic) bond motifs is 3. The fourth-order valence-corrected chi connectivity index (χ4v) is 6.29. The van der Waals surface area contributed by atoms with Crippen molar-refractivity contribution >= 4 is 15.4 Å². The molecule has 0 unspecified atom stereocenters. The summed E-state index contributed by atoms with van der Waals surface area (Å²) >= 11 is 1.55. The van der Waals surface area contributed by atoms with Gasteiger partial charge in [-0.05, 0) is 12.0 Å². The van der Waals surface area contributed by atoms with Gasteiger partial charge < -0.3 is 24.8 Å². The van der Waals surface area contributed by atoms with Gasteiger partial charge >= 0.3 is 112 Å². The maximum atomic E-state index is 3.82. The molecule has 0 nitrogen and oxygen atoms in total. The predicted molar refractivity (Wildman–Crippen MR) is 189 cm³/mol. The van der Waals surface area contributed by atoms with Crippen LogP contribution in [0, 0.1) is 6.07 Å². The van der Waals surface area contributed by atoms with Gasteiger partial charge in [0.2, 0.25) is 0 Å². The summed E-state index contributed by atoms with van der Waals surface area (Å²) in [5, 5.41) is 0. The van der Waals surface area contributed by atoms with Crippen molar-refractivity contribution in [2.24, 2.45) is 0 Å². The van der Waals surface area contributed by atoms with Crippen LogP contribution < -0.4 is 24.8 Å². The number of halogens is 2. The maximum absolute atomic E-state index is 3.82. The molecule has 6 rings (SSSR count).